The summed E-state index contributed by atoms with van der Waals surface area (Å²) in [4.78, 5) is 36.1. The van der Waals surface area contributed by atoms with Crippen LogP contribution in [0.1, 0.15) is 93.8 Å². The van der Waals surface area contributed by atoms with E-state index in [9.17, 15) is 20.3 Å². The minimum absolute atomic E-state index is 0.00574. The second-order valence-corrected chi connectivity index (χ2v) is 18.9. The fraction of sp³-hybridized carbons (Fsp3) is 0.311. The molecule has 1 saturated carbocycles. The van der Waals surface area contributed by atoms with Crippen LogP contribution in [-0.4, -0.2) is 71.8 Å². The maximum Gasteiger partial charge on any atom is 0.254 e. The number of carbonyl (C=O) groups excluding carboxylic acids is 2. The highest BCUT2D eigenvalue weighted by molar-refractivity contribution is 6.03. The molecule has 9 rings (SSSR count). The molecule has 2 N–H and O–H groups in total. The largest absolute Gasteiger partial charge is 0.496 e. The number of allylic oxidation sites excluding steroid dienone is 1. The number of aldehydes is 1. The minimum Gasteiger partial charge on any atom is -0.496 e. The molecule has 3 aliphatic rings. The number of aliphatic hydroxyl groups excluding tert-OH is 2. The lowest BCUT2D eigenvalue weighted by Gasteiger charge is -2.60. The van der Waals surface area contributed by atoms with Crippen molar-refractivity contribution >= 4 is 28.7 Å². The van der Waals surface area contributed by atoms with Crippen LogP contribution >= 0.6 is 0 Å². The predicted octanol–water partition coefficient (Wildman–Crippen LogP) is 11.5. The first-order valence-electron chi connectivity index (χ1n) is 25.2. The summed E-state index contributed by atoms with van der Waals surface area (Å²) in [6.07, 6.45) is 9.21. The van der Waals surface area contributed by atoms with Gasteiger partial charge in [0.15, 0.2) is 6.29 Å². The third-order valence-electron chi connectivity index (χ3n) is 14.6. The molecule has 1 heterocycles. The predicted molar refractivity (Wildman–Crippen MR) is 280 cm³/mol. The number of hydrogen-bond donors (Lipinski definition) is 2. The monoisotopic (exact) mass is 979 g/mol. The van der Waals surface area contributed by atoms with E-state index in [-0.39, 0.29) is 63.1 Å². The summed E-state index contributed by atoms with van der Waals surface area (Å²) in [6, 6.07) is 43.0. The van der Waals surface area contributed by atoms with Gasteiger partial charge in [0.2, 0.25) is 5.79 Å². The van der Waals surface area contributed by atoms with Crippen molar-refractivity contribution in [2.24, 2.45) is 22.9 Å². The van der Waals surface area contributed by atoms with Crippen molar-refractivity contribution in [3.05, 3.63) is 191 Å². The third-order valence-corrected chi connectivity index (χ3v) is 14.6. The maximum atomic E-state index is 15.8. The minimum atomic E-state index is -1.55. The Balaban J connectivity index is 1.28. The number of carbonyl (C=O) groups is 2. The van der Waals surface area contributed by atoms with Crippen molar-refractivity contribution in [2.45, 2.75) is 75.8 Å². The number of fused-ring (bicyclic) bond motifs is 3. The van der Waals surface area contributed by atoms with Gasteiger partial charge in [-0.05, 0) is 126 Å². The molecule has 1 aliphatic heterocycles. The summed E-state index contributed by atoms with van der Waals surface area (Å²) >= 11 is 0. The van der Waals surface area contributed by atoms with E-state index in [1.165, 1.54) is 7.11 Å². The summed E-state index contributed by atoms with van der Waals surface area (Å²) in [5.74, 6) is -0.852. The first-order chi connectivity index (χ1) is 35.8. The summed E-state index contributed by atoms with van der Waals surface area (Å²) in [7, 11) is 1.51. The van der Waals surface area contributed by atoms with Crippen molar-refractivity contribution in [3.8, 4) is 29.1 Å². The van der Waals surface area contributed by atoms with Crippen LogP contribution in [0.3, 0.4) is 0 Å². The molecule has 73 heavy (non-hydrogen) atoms. The number of unbranched alkanes of at least 4 members (excludes halogenated alkanes) is 2. The normalized spacial score (nSPS) is 21.2. The first kappa shape index (κ1) is 50.4. The Kier molecular flexibility index (Phi) is 16.1. The fourth-order valence-corrected chi connectivity index (χ4v) is 11.3. The Morgan fingerprint density at radius 2 is 1.63 bits per heavy atom. The van der Waals surface area contributed by atoms with Crippen LogP contribution in [0.15, 0.2) is 163 Å². The van der Waals surface area contributed by atoms with Crippen molar-refractivity contribution < 1.29 is 43.6 Å². The fourth-order valence-electron chi connectivity index (χ4n) is 11.3. The average Bonchev–Trinajstić information content (AvgIpc) is 3.43. The van der Waals surface area contributed by atoms with Gasteiger partial charge in [0.25, 0.3) is 5.91 Å². The van der Waals surface area contributed by atoms with Gasteiger partial charge in [0, 0.05) is 43.2 Å². The standard InChI is InChI=1S/C61H61N3O9/c1-3-32-70-61-57(64(60(68)44-24-22-41(37-62)23-25-44)38-46-19-13-18-43-16-7-8-20-50(43)46)36-54(63-71-40-42-14-5-4-6-15-42)52-34-45(17-9-11-30-65)51(21-10-12-31-66)58(59(52)61)53-35-49(27-29-56(53)73-61)72-48-26-28-55(69-2)47(33-48)39-67/h3-8,13-16,18-20,22-29,33-35,39,45,51,57-59,65-66H,1,9-12,17,21,30-32,36,38,40H2,2H3/t45-,51+,57-,58+,59+,61+/m0/s1. The number of methoxy groups -OCH3 is 1. The molecule has 0 saturated heterocycles. The summed E-state index contributed by atoms with van der Waals surface area (Å²) < 4.78 is 26.8. The number of benzene rings is 6. The van der Waals surface area contributed by atoms with Crippen molar-refractivity contribution in [1.29, 1.82) is 5.26 Å². The number of ether oxygens (including phenoxy) is 4. The third kappa shape index (κ3) is 10.7. The van der Waals surface area contributed by atoms with Crippen LogP contribution < -0.4 is 14.2 Å². The number of hydrogen-bond acceptors (Lipinski definition) is 11. The number of oxime groups is 1. The Labute approximate surface area is 426 Å². The number of aliphatic hydroxyl groups is 2. The molecule has 12 nitrogen and oxygen atoms in total. The number of rotatable bonds is 22. The molecule has 374 valence electrons. The molecule has 6 aromatic rings. The Morgan fingerprint density at radius 1 is 0.890 bits per heavy atom. The maximum absolute atomic E-state index is 15.8. The Hall–Kier alpha value is -7.56. The van der Waals surface area contributed by atoms with Crippen LogP contribution in [0.5, 0.6) is 23.0 Å². The Morgan fingerprint density at radius 3 is 2.38 bits per heavy atom. The molecule has 6 atom stereocenters. The van der Waals surface area contributed by atoms with Gasteiger partial charge in [-0.15, -0.1) is 6.58 Å². The molecular formula is C61H61N3O9. The lowest BCUT2D eigenvalue weighted by Crippen LogP contribution is -2.70. The quantitative estimate of drug-likeness (QED) is 0.0290. The van der Waals surface area contributed by atoms with Crippen LogP contribution in [0.25, 0.3) is 10.8 Å². The zero-order valence-electron chi connectivity index (χ0n) is 41.1. The molecule has 1 amide bonds. The Bertz CT molecular complexity index is 3020. The summed E-state index contributed by atoms with van der Waals surface area (Å²) in [6.45, 7) is 4.68. The lowest BCUT2D eigenvalue weighted by atomic mass is 9.55. The van der Waals surface area contributed by atoms with Crippen LogP contribution in [0.4, 0.5) is 0 Å². The van der Waals surface area contributed by atoms with Gasteiger partial charge in [0.05, 0.1) is 42.5 Å². The van der Waals surface area contributed by atoms with E-state index in [0.717, 1.165) is 65.0 Å². The molecule has 0 bridgehead atoms. The molecule has 6 aromatic carbocycles. The van der Waals surface area contributed by atoms with E-state index in [1.807, 2.05) is 77.7 Å². The van der Waals surface area contributed by atoms with Gasteiger partial charge < -0.3 is 38.9 Å². The van der Waals surface area contributed by atoms with Crippen LogP contribution in [0.2, 0.25) is 0 Å². The van der Waals surface area contributed by atoms with E-state index in [0.29, 0.717) is 58.2 Å². The van der Waals surface area contributed by atoms with E-state index >= 15 is 4.79 Å². The molecule has 0 radical (unpaired) electrons. The van der Waals surface area contributed by atoms with Crippen LogP contribution in [-0.2, 0) is 22.7 Å². The van der Waals surface area contributed by atoms with Gasteiger partial charge in [-0.25, -0.2) is 0 Å². The van der Waals surface area contributed by atoms with Crippen molar-refractivity contribution in [2.75, 3.05) is 26.9 Å². The van der Waals surface area contributed by atoms with Gasteiger partial charge in [-0.1, -0.05) is 103 Å². The van der Waals surface area contributed by atoms with E-state index in [1.54, 1.807) is 48.5 Å². The summed E-state index contributed by atoms with van der Waals surface area (Å²) in [5, 5.41) is 37.1. The molecule has 1 fully saturated rings. The second kappa shape index (κ2) is 23.3. The molecule has 0 unspecified atom stereocenters. The number of nitrogens with zero attached hydrogens (tertiary/aromatic N) is 3. The van der Waals surface area contributed by atoms with Crippen molar-refractivity contribution in [1.82, 2.24) is 4.90 Å². The highest BCUT2D eigenvalue weighted by atomic mass is 16.7. The second-order valence-electron chi connectivity index (χ2n) is 18.9. The SMILES string of the molecule is C=CCO[C@@]12Oc3ccc(Oc4ccc(OC)c(C=O)c4)cc3[C@H]3[C@H](CCCCO)[C@@H](CCCCO)C=C(C(=NOCc4ccccc4)C[C@@H]1N(Cc1cccc4ccccc14)C(=O)c1ccc(C#N)cc1)[C@H]32. The summed E-state index contributed by atoms with van der Waals surface area (Å²) in [5.41, 5.74) is 5.45. The average molecular weight is 980 g/mol. The van der Waals surface area contributed by atoms with Crippen LogP contribution in [0, 0.1) is 29.1 Å². The van der Waals surface area contributed by atoms with E-state index < -0.39 is 17.7 Å². The number of amides is 1. The van der Waals surface area contributed by atoms with Gasteiger partial charge in [-0.3, -0.25) is 9.59 Å². The molecule has 12 heteroatoms. The smallest absolute Gasteiger partial charge is 0.254 e. The van der Waals surface area contributed by atoms with E-state index in [2.05, 4.69) is 36.9 Å². The highest BCUT2D eigenvalue weighted by Gasteiger charge is 2.65. The highest BCUT2D eigenvalue weighted by Crippen LogP contribution is 2.62. The molecular weight excluding hydrogens is 919 g/mol. The first-order valence-corrected chi connectivity index (χ1v) is 25.2. The van der Waals surface area contributed by atoms with Gasteiger partial charge >= 0.3 is 0 Å². The zero-order valence-corrected chi connectivity index (χ0v) is 41.1. The van der Waals surface area contributed by atoms with Gasteiger partial charge in [0.1, 0.15) is 35.6 Å². The molecule has 0 spiro atoms. The number of nitriles is 1. The lowest BCUT2D eigenvalue weighted by molar-refractivity contribution is -0.255. The molecule has 2 aliphatic carbocycles. The van der Waals surface area contributed by atoms with Crippen molar-refractivity contribution in [3.63, 3.8) is 0 Å². The molecule has 0 aromatic heterocycles. The zero-order chi connectivity index (χ0) is 50.7. The topological polar surface area (TPSA) is 160 Å². The van der Waals surface area contributed by atoms with Gasteiger partial charge in [-0.2, -0.15) is 5.26 Å². The van der Waals surface area contributed by atoms with E-state index in [4.69, 9.17) is 28.9 Å².